The van der Waals surface area contributed by atoms with E-state index in [4.69, 9.17) is 58.0 Å². The Kier molecular flexibility index (Phi) is 20.2. The number of nitrogens with one attached hydrogen (secondary N) is 9. The fraction of sp³-hybridized carbons (Fsp3) is 0.0896. The first-order valence-electron chi connectivity index (χ1n) is 32.4. The van der Waals surface area contributed by atoms with Crippen molar-refractivity contribution in [3.05, 3.63) is 210 Å². The van der Waals surface area contributed by atoms with Gasteiger partial charge in [0.05, 0.1) is 104 Å². The number of tetrazole rings is 2. The molecule has 0 amide bonds. The molecule has 110 heavy (non-hydrogen) atoms. The minimum atomic E-state index is -0.642. The summed E-state index contributed by atoms with van der Waals surface area (Å²) in [6.07, 6.45) is 15.1. The summed E-state index contributed by atoms with van der Waals surface area (Å²) in [5.74, 6) is -0.319. The van der Waals surface area contributed by atoms with Crippen LogP contribution in [0.3, 0.4) is 0 Å². The van der Waals surface area contributed by atoms with Crippen molar-refractivity contribution in [1.82, 2.24) is 146 Å². The van der Waals surface area contributed by atoms with Gasteiger partial charge in [-0.3, -0.25) is 28.5 Å². The van der Waals surface area contributed by atoms with E-state index in [1.165, 1.54) is 68.7 Å². The molecule has 0 aliphatic heterocycles. The topological polar surface area (TPSA) is 509 Å². The zero-order chi connectivity index (χ0) is 75.2. The summed E-state index contributed by atoms with van der Waals surface area (Å²) < 4.78 is 14.4. The molecule has 2 aliphatic rings. The molecule has 0 atom stereocenters. The van der Waals surface area contributed by atoms with Crippen molar-refractivity contribution < 1.29 is 13.6 Å². The average Bonchev–Trinajstić information content (AvgIpc) is 1.62. The van der Waals surface area contributed by atoms with Crippen molar-refractivity contribution in [2.75, 3.05) is 10.6 Å². The van der Waals surface area contributed by atoms with E-state index in [2.05, 4.69) is 171 Å². The monoisotopic (exact) mass is 1590 g/mol. The number of nitrogens with zero attached hydrogens (tertiary/aromatic N) is 22. The SMILES string of the molecule is Clc1cc(-c2cc(-c3nn[nH]n3)ncn2)cc2[nH]cnc12.Clc1cc(-c2cc(-c3nn[nH]n3)ncn2)ccc1NC1CC1.O=c1[nH]c(-c2cc(-c3cc(Cl)c4nc[nH]c4c3)ncn2)no1.O=c1[nH]c(-c2cc(-c3cc(Cl)c4scnc4c3)ncn2)no1.O=c1[nH]c(-c2cc(-c3ccc(NC4CC4)c(Cl)c3)ncn2)no1. The van der Waals surface area contributed by atoms with Gasteiger partial charge >= 0.3 is 17.3 Å². The number of H-pyrrole nitrogens is 7. The molecule has 0 radical (unpaired) electrons. The first-order chi connectivity index (χ1) is 53.7. The number of fused-ring (bicyclic) bond motifs is 3. The molecule has 13 heterocycles. The molecular formula is C67H44Cl5N31O6S. The lowest BCUT2D eigenvalue weighted by atomic mass is 10.1. The van der Waals surface area contributed by atoms with Crippen LogP contribution in [0.5, 0.6) is 0 Å². The van der Waals surface area contributed by atoms with E-state index in [1.54, 1.807) is 48.5 Å². The van der Waals surface area contributed by atoms with Crippen LogP contribution < -0.4 is 27.9 Å². The van der Waals surface area contributed by atoms with E-state index in [9.17, 15) is 14.4 Å². The predicted molar refractivity (Wildman–Crippen MR) is 403 cm³/mol. The van der Waals surface area contributed by atoms with Crippen LogP contribution in [0.25, 0.3) is 146 Å². The van der Waals surface area contributed by atoms with Gasteiger partial charge in [0.1, 0.15) is 71.1 Å². The summed E-state index contributed by atoms with van der Waals surface area (Å²) in [6.45, 7) is 0. The second kappa shape index (κ2) is 31.4. The Morgan fingerprint density at radius 3 is 1.12 bits per heavy atom. The lowest BCUT2D eigenvalue weighted by Gasteiger charge is -2.09. The van der Waals surface area contributed by atoms with E-state index < -0.39 is 17.3 Å². The molecule has 0 bridgehead atoms. The van der Waals surface area contributed by atoms with Crippen LogP contribution in [0, 0.1) is 0 Å². The third-order valence-corrected chi connectivity index (χ3v) is 18.7. The van der Waals surface area contributed by atoms with Gasteiger partial charge in [-0.25, -0.2) is 79.2 Å². The minimum absolute atomic E-state index is 0.238. The number of thiazole rings is 1. The Labute approximate surface area is 641 Å². The maximum atomic E-state index is 11.0. The van der Waals surface area contributed by atoms with Crippen molar-refractivity contribution in [3.63, 3.8) is 0 Å². The summed E-state index contributed by atoms with van der Waals surface area (Å²) in [4.78, 5) is 101. The molecule has 18 aromatic rings. The maximum Gasteiger partial charge on any atom is 0.439 e. The Morgan fingerprint density at radius 1 is 0.382 bits per heavy atom. The van der Waals surface area contributed by atoms with Gasteiger partial charge in [-0.05, 0) is 127 Å². The standard InChI is InChI=1S/C15H12ClN5O2.C14H12ClN7.C13H7ClN6O2.C13H6ClN5O2S.C12H7ClN8/c16-10-5-8(1-4-11(10)19-9-2-3-9)12-6-13(18-7-17-12)14-20-15(22)23-21-14;15-10-5-8(1-4-11(10)18-9-2-3-9)12-6-13(17-7-16-12)14-19-21-22-20-14;14-7-1-6(2-9-11(7)18-5-16-9)8-3-10(17-4-15-8)12-19-13(21)22-20-12;14-7-1-6(2-9-11(7)22-5-17-9)8-3-10(16-4-15-8)12-18-13(20)21-19-12;13-7-1-6(2-9-11(7)17-5-15-9)8-3-10(16-4-14-8)12-18-20-21-19-12/h1,4-7,9,19H,2-3H2,(H,20,21,22);1,4-7,9,18H,2-3H2,(H,19,20,21,22);1-5H,(H,16,18)(H,19,20,21);1-5H,(H,18,19,20);1-5H,(H,15,17)(H,18,19,20,21). The fourth-order valence-corrected chi connectivity index (χ4v) is 12.7. The number of aromatic nitrogens is 29. The van der Waals surface area contributed by atoms with Crippen molar-refractivity contribution >= 4 is 113 Å². The molecular weight excluding hydrogens is 1540 g/mol. The highest BCUT2D eigenvalue weighted by atomic mass is 35.5. The molecule has 43 heteroatoms. The van der Waals surface area contributed by atoms with Crippen molar-refractivity contribution in [2.45, 2.75) is 37.8 Å². The molecule has 20 rings (SSSR count). The number of hydrogen-bond donors (Lipinski definition) is 9. The van der Waals surface area contributed by atoms with Gasteiger partial charge in [0, 0.05) is 39.9 Å². The first kappa shape index (κ1) is 70.6. The molecule has 2 saturated carbocycles. The average molecular weight is 1590 g/mol. The summed E-state index contributed by atoms with van der Waals surface area (Å²) >= 11 is 32.9. The largest absolute Gasteiger partial charge is 0.439 e. The number of imidazole rings is 2. The predicted octanol–water partition coefficient (Wildman–Crippen LogP) is 11.9. The number of benzene rings is 5. The summed E-state index contributed by atoms with van der Waals surface area (Å²) in [7, 11) is 0. The molecule has 0 saturated heterocycles. The molecule has 544 valence electrons. The van der Waals surface area contributed by atoms with Crippen LogP contribution >= 0.6 is 69.3 Å². The fourth-order valence-electron chi connectivity index (χ4n) is 10.6. The molecule has 37 nitrogen and oxygen atoms in total. The first-order valence-corrected chi connectivity index (χ1v) is 35.2. The van der Waals surface area contributed by atoms with Crippen molar-refractivity contribution in [2.24, 2.45) is 0 Å². The quantitative estimate of drug-likeness (QED) is 0.0488. The van der Waals surface area contributed by atoms with Gasteiger partial charge in [-0.15, -0.1) is 31.7 Å². The molecule has 0 spiro atoms. The maximum absolute atomic E-state index is 11.0. The third-order valence-electron chi connectivity index (χ3n) is 16.2. The smallest absolute Gasteiger partial charge is 0.381 e. The number of anilines is 2. The molecule has 2 fully saturated rings. The van der Waals surface area contributed by atoms with Crippen LogP contribution in [0.15, 0.2) is 181 Å². The zero-order valence-electron chi connectivity index (χ0n) is 55.5. The normalized spacial score (nSPS) is 12.3. The number of hydrogen-bond acceptors (Lipinski definition) is 31. The van der Waals surface area contributed by atoms with Crippen molar-refractivity contribution in [3.8, 4) is 114 Å². The molecule has 0 unspecified atom stereocenters. The summed E-state index contributed by atoms with van der Waals surface area (Å²) in [5.41, 5.74) is 17.7. The second-order valence-corrected chi connectivity index (χ2v) is 26.5. The number of halogens is 5. The van der Waals surface area contributed by atoms with E-state index in [0.29, 0.717) is 106 Å². The van der Waals surface area contributed by atoms with Gasteiger partial charge in [0.2, 0.25) is 29.1 Å². The van der Waals surface area contributed by atoms with Gasteiger partial charge in [0.25, 0.3) is 0 Å². The Balaban J connectivity index is 0.000000104. The second-order valence-electron chi connectivity index (χ2n) is 23.6. The van der Waals surface area contributed by atoms with Gasteiger partial charge in [-0.1, -0.05) is 85.6 Å². The highest BCUT2D eigenvalue weighted by molar-refractivity contribution is 7.17. The van der Waals surface area contributed by atoms with Crippen LogP contribution in [0.1, 0.15) is 25.7 Å². The summed E-state index contributed by atoms with van der Waals surface area (Å²) in [5, 5.41) is 48.1. The van der Waals surface area contributed by atoms with Gasteiger partial charge in [-0.2, -0.15) is 10.4 Å². The minimum Gasteiger partial charge on any atom is -0.381 e. The third kappa shape index (κ3) is 16.5. The zero-order valence-corrected chi connectivity index (χ0v) is 60.1. The molecule has 5 aromatic carbocycles. The van der Waals surface area contributed by atoms with Crippen LogP contribution in [-0.2, 0) is 0 Å². The highest BCUT2D eigenvalue weighted by Gasteiger charge is 2.24. The Hall–Kier alpha value is -13.7. The van der Waals surface area contributed by atoms with Crippen LogP contribution in [0.2, 0.25) is 25.1 Å². The number of rotatable bonds is 14. The summed E-state index contributed by atoms with van der Waals surface area (Å²) in [6, 6.07) is 32.5. The lowest BCUT2D eigenvalue weighted by molar-refractivity contribution is 0.387. The van der Waals surface area contributed by atoms with Crippen LogP contribution in [0.4, 0.5) is 11.4 Å². The molecule has 9 N–H and O–H groups in total. The van der Waals surface area contributed by atoms with Gasteiger partial charge < -0.3 is 20.6 Å². The van der Waals surface area contributed by atoms with Crippen molar-refractivity contribution in [1.29, 1.82) is 0 Å². The molecule has 13 aromatic heterocycles. The van der Waals surface area contributed by atoms with Gasteiger partial charge in [0.15, 0.2) is 0 Å². The molecule has 2 aliphatic carbocycles. The van der Waals surface area contributed by atoms with Crippen LogP contribution in [-0.4, -0.2) is 159 Å². The Morgan fingerprint density at radius 2 is 0.745 bits per heavy atom. The van der Waals surface area contributed by atoms with E-state index in [1.807, 2.05) is 72.8 Å². The van der Waals surface area contributed by atoms with E-state index in [-0.39, 0.29) is 17.5 Å². The highest BCUT2D eigenvalue weighted by Crippen LogP contribution is 2.37. The Bertz CT molecular complexity index is 6340. The van der Waals surface area contributed by atoms with E-state index in [0.717, 1.165) is 71.7 Å². The van der Waals surface area contributed by atoms with E-state index >= 15 is 0 Å². The lowest BCUT2D eigenvalue weighted by Crippen LogP contribution is -2.01. The number of aromatic amines is 7.